The highest BCUT2D eigenvalue weighted by molar-refractivity contribution is 5.51. The van der Waals surface area contributed by atoms with Gasteiger partial charge in [0.25, 0.3) is 0 Å². The topological polar surface area (TPSA) is 65.4 Å². The highest BCUT2D eigenvalue weighted by atomic mass is 19.1. The molecule has 2 heterocycles. The van der Waals surface area contributed by atoms with Crippen molar-refractivity contribution < 1.29 is 9.13 Å². The smallest absolute Gasteiger partial charge is 0.175 e. The van der Waals surface area contributed by atoms with Gasteiger partial charge in [-0.1, -0.05) is 12.1 Å². The van der Waals surface area contributed by atoms with Crippen molar-refractivity contribution in [2.45, 2.75) is 6.61 Å². The van der Waals surface area contributed by atoms with Crippen LogP contribution in [-0.4, -0.2) is 14.6 Å². The van der Waals surface area contributed by atoms with Gasteiger partial charge in [-0.3, -0.25) is 4.40 Å². The van der Waals surface area contributed by atoms with Crippen LogP contribution in [0, 0.1) is 5.82 Å². The van der Waals surface area contributed by atoms with E-state index < -0.39 is 5.82 Å². The van der Waals surface area contributed by atoms with E-state index in [-0.39, 0.29) is 12.4 Å². The van der Waals surface area contributed by atoms with Crippen LogP contribution in [0.5, 0.6) is 5.75 Å². The van der Waals surface area contributed by atoms with E-state index in [0.717, 1.165) is 0 Å². The lowest BCUT2D eigenvalue weighted by Crippen LogP contribution is -2.02. The molecule has 0 saturated heterocycles. The average Bonchev–Trinajstić information content (AvgIpc) is 2.80. The predicted octanol–water partition coefficient (Wildman–Crippen LogP) is 2.03. The van der Waals surface area contributed by atoms with Crippen molar-refractivity contribution in [1.29, 1.82) is 0 Å². The number of para-hydroxylation sites is 1. The molecule has 96 valence electrons. The van der Waals surface area contributed by atoms with Crippen LogP contribution in [0.25, 0.3) is 5.65 Å². The Labute approximate surface area is 108 Å². The standard InChI is InChI=1S/C13H11FN4O/c14-10-3-1-2-4-11(10)19-8-13-17-16-12-7-9(15)5-6-18(12)13/h1-7H,8,15H2. The molecule has 0 radical (unpaired) electrons. The largest absolute Gasteiger partial charge is 0.483 e. The summed E-state index contributed by atoms with van der Waals surface area (Å²) in [5.41, 5.74) is 6.90. The van der Waals surface area contributed by atoms with Gasteiger partial charge in [-0.2, -0.15) is 0 Å². The first-order chi connectivity index (χ1) is 9.24. The second kappa shape index (κ2) is 4.56. The van der Waals surface area contributed by atoms with E-state index in [2.05, 4.69) is 10.2 Å². The maximum absolute atomic E-state index is 13.4. The number of pyridine rings is 1. The summed E-state index contributed by atoms with van der Waals surface area (Å²) in [5.74, 6) is 0.369. The van der Waals surface area contributed by atoms with E-state index in [1.165, 1.54) is 6.07 Å². The maximum atomic E-state index is 13.4. The molecule has 5 nitrogen and oxygen atoms in total. The Morgan fingerprint density at radius 2 is 2.05 bits per heavy atom. The SMILES string of the molecule is Nc1ccn2c(COc3ccccc3F)nnc2c1. The van der Waals surface area contributed by atoms with Gasteiger partial charge in [0.2, 0.25) is 0 Å². The molecular weight excluding hydrogens is 247 g/mol. The summed E-state index contributed by atoms with van der Waals surface area (Å²) < 4.78 is 20.5. The van der Waals surface area contributed by atoms with E-state index in [0.29, 0.717) is 17.2 Å². The van der Waals surface area contributed by atoms with Crippen molar-refractivity contribution in [3.8, 4) is 5.75 Å². The highest BCUT2D eigenvalue weighted by Crippen LogP contribution is 2.17. The van der Waals surface area contributed by atoms with E-state index in [1.807, 2.05) is 0 Å². The van der Waals surface area contributed by atoms with Crippen LogP contribution in [-0.2, 0) is 6.61 Å². The van der Waals surface area contributed by atoms with E-state index >= 15 is 0 Å². The third kappa shape index (κ3) is 2.20. The molecule has 6 heteroatoms. The number of nitrogens with two attached hydrogens (primary N) is 1. The molecule has 0 saturated carbocycles. The first kappa shape index (κ1) is 11.5. The molecule has 0 unspecified atom stereocenters. The Balaban J connectivity index is 1.84. The lowest BCUT2D eigenvalue weighted by Gasteiger charge is -2.05. The summed E-state index contributed by atoms with van der Waals surface area (Å²) in [6, 6.07) is 9.68. The molecule has 0 aliphatic heterocycles. The maximum Gasteiger partial charge on any atom is 0.175 e. The highest BCUT2D eigenvalue weighted by Gasteiger charge is 2.08. The Morgan fingerprint density at radius 3 is 2.89 bits per heavy atom. The van der Waals surface area contributed by atoms with E-state index in [1.54, 1.807) is 40.9 Å². The van der Waals surface area contributed by atoms with Crippen molar-refractivity contribution >= 4 is 11.3 Å². The number of anilines is 1. The lowest BCUT2D eigenvalue weighted by atomic mass is 10.3. The molecule has 0 aliphatic rings. The van der Waals surface area contributed by atoms with E-state index in [4.69, 9.17) is 10.5 Å². The number of hydrogen-bond acceptors (Lipinski definition) is 4. The van der Waals surface area contributed by atoms with Crippen LogP contribution in [0.2, 0.25) is 0 Å². The minimum atomic E-state index is -0.402. The molecular formula is C13H11FN4O. The monoisotopic (exact) mass is 258 g/mol. The number of rotatable bonds is 3. The molecule has 0 atom stereocenters. The number of nitrogen functional groups attached to an aromatic ring is 1. The van der Waals surface area contributed by atoms with Gasteiger partial charge in [-0.25, -0.2) is 4.39 Å². The third-order valence-corrected chi connectivity index (χ3v) is 2.70. The second-order valence-corrected chi connectivity index (χ2v) is 4.02. The molecule has 0 bridgehead atoms. The fraction of sp³-hybridized carbons (Fsp3) is 0.0769. The quantitative estimate of drug-likeness (QED) is 0.780. The van der Waals surface area contributed by atoms with Gasteiger partial charge in [0.15, 0.2) is 23.0 Å². The normalized spacial score (nSPS) is 10.8. The zero-order valence-corrected chi connectivity index (χ0v) is 9.95. The van der Waals surface area contributed by atoms with Gasteiger partial charge in [0.05, 0.1) is 0 Å². The summed E-state index contributed by atoms with van der Waals surface area (Å²) in [5, 5.41) is 7.96. The van der Waals surface area contributed by atoms with Crippen molar-refractivity contribution in [2.75, 3.05) is 5.73 Å². The number of fused-ring (bicyclic) bond motifs is 1. The molecule has 19 heavy (non-hydrogen) atoms. The van der Waals surface area contributed by atoms with Gasteiger partial charge in [-0.15, -0.1) is 10.2 Å². The summed E-state index contributed by atoms with van der Waals surface area (Å²) >= 11 is 0. The first-order valence-corrected chi connectivity index (χ1v) is 5.70. The number of halogens is 1. The van der Waals surface area contributed by atoms with Crippen molar-refractivity contribution in [2.24, 2.45) is 0 Å². The van der Waals surface area contributed by atoms with Gasteiger partial charge in [0, 0.05) is 18.0 Å². The lowest BCUT2D eigenvalue weighted by molar-refractivity contribution is 0.280. The number of nitrogens with zero attached hydrogens (tertiary/aromatic N) is 3. The van der Waals surface area contributed by atoms with Gasteiger partial charge < -0.3 is 10.5 Å². The number of hydrogen-bond donors (Lipinski definition) is 1. The fourth-order valence-electron chi connectivity index (χ4n) is 1.76. The molecule has 2 aromatic heterocycles. The van der Waals surface area contributed by atoms with Crippen LogP contribution in [0.1, 0.15) is 5.82 Å². The Morgan fingerprint density at radius 1 is 1.21 bits per heavy atom. The summed E-state index contributed by atoms with van der Waals surface area (Å²) in [6.45, 7) is 0.131. The zero-order valence-electron chi connectivity index (χ0n) is 9.95. The molecule has 3 aromatic rings. The second-order valence-electron chi connectivity index (χ2n) is 4.02. The van der Waals surface area contributed by atoms with Crippen LogP contribution in [0.4, 0.5) is 10.1 Å². The summed E-state index contributed by atoms with van der Waals surface area (Å²) in [7, 11) is 0. The third-order valence-electron chi connectivity index (χ3n) is 2.70. The number of benzene rings is 1. The van der Waals surface area contributed by atoms with Gasteiger partial charge in [-0.05, 0) is 18.2 Å². The first-order valence-electron chi connectivity index (χ1n) is 5.70. The zero-order chi connectivity index (χ0) is 13.2. The summed E-state index contributed by atoms with van der Waals surface area (Å²) in [4.78, 5) is 0. The molecule has 0 aliphatic carbocycles. The van der Waals surface area contributed by atoms with Gasteiger partial charge in [0.1, 0.15) is 6.61 Å². The molecule has 1 aromatic carbocycles. The Bertz CT molecular complexity index is 725. The number of ether oxygens (including phenoxy) is 1. The van der Waals surface area contributed by atoms with E-state index in [9.17, 15) is 4.39 Å². The van der Waals surface area contributed by atoms with Crippen LogP contribution < -0.4 is 10.5 Å². The minimum absolute atomic E-state index is 0.131. The van der Waals surface area contributed by atoms with Crippen LogP contribution in [0.15, 0.2) is 42.6 Å². The number of aromatic nitrogens is 3. The van der Waals surface area contributed by atoms with Crippen LogP contribution in [0.3, 0.4) is 0 Å². The molecule has 3 rings (SSSR count). The molecule has 2 N–H and O–H groups in total. The molecule has 0 fully saturated rings. The Kier molecular flexibility index (Phi) is 2.75. The molecule has 0 spiro atoms. The molecule has 0 amide bonds. The average molecular weight is 258 g/mol. The predicted molar refractivity (Wildman–Crippen MR) is 68.1 cm³/mol. The fourth-order valence-corrected chi connectivity index (χ4v) is 1.76. The van der Waals surface area contributed by atoms with Crippen molar-refractivity contribution in [3.05, 3.63) is 54.2 Å². The van der Waals surface area contributed by atoms with Gasteiger partial charge >= 0.3 is 0 Å². The van der Waals surface area contributed by atoms with Crippen LogP contribution >= 0.6 is 0 Å². The van der Waals surface area contributed by atoms with Crippen molar-refractivity contribution in [1.82, 2.24) is 14.6 Å². The minimum Gasteiger partial charge on any atom is -0.483 e. The Hall–Kier alpha value is -2.63. The summed E-state index contributed by atoms with van der Waals surface area (Å²) in [6.07, 6.45) is 1.75. The van der Waals surface area contributed by atoms with Crippen molar-refractivity contribution in [3.63, 3.8) is 0 Å².